The Balaban J connectivity index is 1.93. The third-order valence-electron chi connectivity index (χ3n) is 3.65. The lowest BCUT2D eigenvalue weighted by Gasteiger charge is -2.18. The van der Waals surface area contributed by atoms with Gasteiger partial charge < -0.3 is 10.1 Å². The Labute approximate surface area is 158 Å². The summed E-state index contributed by atoms with van der Waals surface area (Å²) in [6.07, 6.45) is 0. The summed E-state index contributed by atoms with van der Waals surface area (Å²) in [5, 5.41) is 3.69. The molecule has 4 nitrogen and oxygen atoms in total. The molecule has 1 N–H and O–H groups in total. The van der Waals surface area contributed by atoms with Crippen LogP contribution in [0.5, 0.6) is 5.75 Å². The first-order valence-corrected chi connectivity index (χ1v) is 8.81. The highest BCUT2D eigenvalue weighted by atomic mass is 35.5. The zero-order valence-corrected chi connectivity index (χ0v) is 16.1. The summed E-state index contributed by atoms with van der Waals surface area (Å²) in [5.74, 6) is 0.679. The topological polar surface area (TPSA) is 41.6 Å². The van der Waals surface area contributed by atoms with Crippen LogP contribution in [0.3, 0.4) is 0 Å². The first-order chi connectivity index (χ1) is 11.9. The van der Waals surface area contributed by atoms with E-state index in [0.717, 1.165) is 16.9 Å². The number of nitrogens with zero attached hydrogens (tertiary/aromatic N) is 1. The number of hydrogen-bond donors (Lipinski definition) is 1. The third-order valence-corrected chi connectivity index (χ3v) is 4.45. The molecular weight excluding hydrogens is 359 g/mol. The maximum Gasteiger partial charge on any atom is 0.238 e. The average Bonchev–Trinajstić information content (AvgIpc) is 2.57. The summed E-state index contributed by atoms with van der Waals surface area (Å²) in [7, 11) is 1.88. The Morgan fingerprint density at radius 2 is 1.84 bits per heavy atom. The molecule has 0 saturated carbocycles. The number of aryl methyl sites for hydroxylation is 1. The maximum atomic E-state index is 12.3. The second kappa shape index (κ2) is 9.09. The monoisotopic (exact) mass is 380 g/mol. The minimum atomic E-state index is -0.164. The number of carbonyl (C=O) groups excluding carboxylic acids is 1. The van der Waals surface area contributed by atoms with Crippen molar-refractivity contribution in [2.24, 2.45) is 0 Å². The fourth-order valence-corrected chi connectivity index (χ4v) is 2.89. The highest BCUT2D eigenvalue weighted by Gasteiger charge is 2.13. The molecule has 0 aliphatic carbocycles. The molecule has 2 rings (SSSR count). The van der Waals surface area contributed by atoms with Crippen LogP contribution in [-0.4, -0.2) is 31.0 Å². The van der Waals surface area contributed by atoms with E-state index in [1.165, 1.54) is 0 Å². The summed E-state index contributed by atoms with van der Waals surface area (Å²) >= 11 is 12.4. The Morgan fingerprint density at radius 3 is 2.48 bits per heavy atom. The molecule has 0 aliphatic heterocycles. The number of rotatable bonds is 7. The van der Waals surface area contributed by atoms with Crippen molar-refractivity contribution in [3.63, 3.8) is 0 Å². The van der Waals surface area contributed by atoms with Crippen molar-refractivity contribution < 1.29 is 9.53 Å². The number of benzene rings is 2. The number of amides is 1. The fraction of sp³-hybridized carbons (Fsp3) is 0.316. The van der Waals surface area contributed by atoms with Gasteiger partial charge in [0.25, 0.3) is 0 Å². The van der Waals surface area contributed by atoms with Crippen molar-refractivity contribution >= 4 is 34.8 Å². The molecule has 0 spiro atoms. The number of hydrogen-bond acceptors (Lipinski definition) is 3. The van der Waals surface area contributed by atoms with E-state index in [1.54, 1.807) is 6.07 Å². The molecule has 134 valence electrons. The summed E-state index contributed by atoms with van der Waals surface area (Å²) in [6.45, 7) is 5.34. The van der Waals surface area contributed by atoms with Crippen molar-refractivity contribution in [3.8, 4) is 5.75 Å². The molecule has 0 fully saturated rings. The van der Waals surface area contributed by atoms with Crippen LogP contribution in [0.4, 0.5) is 5.69 Å². The molecule has 0 saturated heterocycles. The van der Waals surface area contributed by atoms with Gasteiger partial charge in [-0.2, -0.15) is 0 Å². The maximum absolute atomic E-state index is 12.3. The number of halogens is 2. The Morgan fingerprint density at radius 1 is 1.16 bits per heavy atom. The molecule has 0 heterocycles. The van der Waals surface area contributed by atoms with Crippen LogP contribution >= 0.6 is 23.2 Å². The van der Waals surface area contributed by atoms with Crippen molar-refractivity contribution in [1.82, 2.24) is 4.90 Å². The standard InChI is InChI=1S/C19H22Cl2N2O2/c1-4-25-15-8-6-14(7-9-15)11-23(3)12-17(24)22-19-16(20)10-5-13(2)18(19)21/h5-10H,4,11-12H2,1-3H3,(H,22,24). The highest BCUT2D eigenvalue weighted by Crippen LogP contribution is 2.32. The molecular formula is C19H22Cl2N2O2. The molecule has 0 aliphatic rings. The normalized spacial score (nSPS) is 10.8. The quantitative estimate of drug-likeness (QED) is 0.751. The van der Waals surface area contributed by atoms with Gasteiger partial charge in [0.1, 0.15) is 5.75 Å². The molecule has 2 aromatic rings. The largest absolute Gasteiger partial charge is 0.494 e. The Bertz CT molecular complexity index is 733. The molecule has 1 amide bonds. The van der Waals surface area contributed by atoms with Gasteiger partial charge >= 0.3 is 0 Å². The summed E-state index contributed by atoms with van der Waals surface area (Å²) in [4.78, 5) is 14.2. The minimum absolute atomic E-state index is 0.164. The van der Waals surface area contributed by atoms with Crippen LogP contribution in [0.2, 0.25) is 10.0 Å². The Hall–Kier alpha value is -1.75. The first-order valence-electron chi connectivity index (χ1n) is 8.05. The van der Waals surface area contributed by atoms with Crippen LogP contribution in [0.15, 0.2) is 36.4 Å². The lowest BCUT2D eigenvalue weighted by Crippen LogP contribution is -2.30. The SMILES string of the molecule is CCOc1ccc(CN(C)CC(=O)Nc2c(Cl)ccc(C)c2Cl)cc1. The van der Waals surface area contributed by atoms with E-state index in [9.17, 15) is 4.79 Å². The van der Waals surface area contributed by atoms with Gasteiger partial charge in [0.2, 0.25) is 5.91 Å². The van der Waals surface area contributed by atoms with Crippen LogP contribution in [-0.2, 0) is 11.3 Å². The molecule has 0 bridgehead atoms. The predicted octanol–water partition coefficient (Wildman–Crippen LogP) is 4.77. The van der Waals surface area contributed by atoms with Gasteiger partial charge in [0, 0.05) is 6.54 Å². The lowest BCUT2D eigenvalue weighted by atomic mass is 10.2. The number of carbonyl (C=O) groups is 1. The zero-order valence-electron chi connectivity index (χ0n) is 14.6. The van der Waals surface area contributed by atoms with Gasteiger partial charge in [-0.05, 0) is 50.2 Å². The molecule has 2 aromatic carbocycles. The van der Waals surface area contributed by atoms with Crippen molar-refractivity contribution in [3.05, 3.63) is 57.6 Å². The van der Waals surface area contributed by atoms with Gasteiger partial charge in [-0.25, -0.2) is 0 Å². The Kier molecular flexibility index (Phi) is 7.12. The highest BCUT2D eigenvalue weighted by molar-refractivity contribution is 6.40. The number of nitrogens with one attached hydrogen (secondary N) is 1. The van der Waals surface area contributed by atoms with E-state index in [1.807, 2.05) is 56.1 Å². The van der Waals surface area contributed by atoms with Gasteiger partial charge in [0.05, 0.1) is 28.9 Å². The second-order valence-corrected chi connectivity index (χ2v) is 6.64. The summed E-state index contributed by atoms with van der Waals surface area (Å²) in [6, 6.07) is 11.4. The molecule has 6 heteroatoms. The van der Waals surface area contributed by atoms with Gasteiger partial charge in [-0.15, -0.1) is 0 Å². The summed E-state index contributed by atoms with van der Waals surface area (Å²) in [5.41, 5.74) is 2.43. The molecule has 0 atom stereocenters. The van der Waals surface area contributed by atoms with E-state index < -0.39 is 0 Å². The van der Waals surface area contributed by atoms with E-state index >= 15 is 0 Å². The van der Waals surface area contributed by atoms with Crippen LogP contribution in [0, 0.1) is 6.92 Å². The van der Waals surface area contributed by atoms with Crippen LogP contribution in [0.25, 0.3) is 0 Å². The van der Waals surface area contributed by atoms with E-state index in [-0.39, 0.29) is 12.5 Å². The van der Waals surface area contributed by atoms with Gasteiger partial charge in [0.15, 0.2) is 0 Å². The van der Waals surface area contributed by atoms with Gasteiger partial charge in [-0.1, -0.05) is 41.4 Å². The minimum Gasteiger partial charge on any atom is -0.494 e. The second-order valence-electron chi connectivity index (χ2n) is 5.85. The van der Waals surface area contributed by atoms with Crippen molar-refractivity contribution in [2.45, 2.75) is 20.4 Å². The number of anilines is 1. The van der Waals surface area contributed by atoms with Crippen LogP contribution < -0.4 is 10.1 Å². The first kappa shape index (κ1) is 19.6. The summed E-state index contributed by atoms with van der Waals surface area (Å²) < 4.78 is 5.43. The molecule has 0 radical (unpaired) electrons. The number of ether oxygens (including phenoxy) is 1. The zero-order chi connectivity index (χ0) is 18.4. The van der Waals surface area contributed by atoms with E-state index in [0.29, 0.717) is 28.9 Å². The molecule has 0 unspecified atom stereocenters. The molecule has 25 heavy (non-hydrogen) atoms. The lowest BCUT2D eigenvalue weighted by molar-refractivity contribution is -0.117. The fourth-order valence-electron chi connectivity index (χ4n) is 2.42. The molecule has 0 aromatic heterocycles. The van der Waals surface area contributed by atoms with Crippen molar-refractivity contribution in [2.75, 3.05) is 25.5 Å². The van der Waals surface area contributed by atoms with E-state index in [4.69, 9.17) is 27.9 Å². The van der Waals surface area contributed by atoms with Gasteiger partial charge in [-0.3, -0.25) is 9.69 Å². The predicted molar refractivity (Wildman–Crippen MR) is 104 cm³/mol. The number of likely N-dealkylation sites (N-methyl/N-ethyl adjacent to an activating group) is 1. The average molecular weight is 381 g/mol. The smallest absolute Gasteiger partial charge is 0.238 e. The van der Waals surface area contributed by atoms with E-state index in [2.05, 4.69) is 5.32 Å². The van der Waals surface area contributed by atoms with Crippen molar-refractivity contribution in [1.29, 1.82) is 0 Å². The van der Waals surface area contributed by atoms with Crippen LogP contribution in [0.1, 0.15) is 18.1 Å². The third kappa shape index (κ3) is 5.63.